The van der Waals surface area contributed by atoms with Crippen LogP contribution in [0.4, 0.5) is 0 Å². The lowest BCUT2D eigenvalue weighted by Gasteiger charge is -2.06. The Kier molecular flexibility index (Phi) is 2.95. The Morgan fingerprint density at radius 1 is 0.900 bits per heavy atom. The van der Waals surface area contributed by atoms with Crippen molar-refractivity contribution >= 4 is 17.3 Å². The standard InChI is InChI=1S/C17H12O3/c18-15(19)10-14-16(11-6-2-1-3-7-11)12-8-4-5-9-13(12)17(14)20/h1-9H,10H2,(H,18,19). The zero-order chi connectivity index (χ0) is 14.1. The number of aliphatic carboxylic acids is 1. The lowest BCUT2D eigenvalue weighted by molar-refractivity contribution is -0.136. The summed E-state index contributed by atoms with van der Waals surface area (Å²) in [5.41, 5.74) is 3.39. The summed E-state index contributed by atoms with van der Waals surface area (Å²) < 4.78 is 0. The number of carboxylic acids is 1. The SMILES string of the molecule is O=C(O)CC1=C(c2ccccc2)c2ccccc2C1=O. The van der Waals surface area contributed by atoms with Gasteiger partial charge in [0.15, 0.2) is 5.78 Å². The van der Waals surface area contributed by atoms with Crippen LogP contribution in [0.5, 0.6) is 0 Å². The molecule has 0 heterocycles. The highest BCUT2D eigenvalue weighted by molar-refractivity contribution is 6.24. The topological polar surface area (TPSA) is 54.4 Å². The normalized spacial score (nSPS) is 13.5. The van der Waals surface area contributed by atoms with Gasteiger partial charge in [-0.25, -0.2) is 0 Å². The molecule has 3 nitrogen and oxygen atoms in total. The van der Waals surface area contributed by atoms with Gasteiger partial charge >= 0.3 is 5.97 Å². The molecule has 20 heavy (non-hydrogen) atoms. The van der Waals surface area contributed by atoms with E-state index in [2.05, 4.69) is 0 Å². The Hall–Kier alpha value is -2.68. The fourth-order valence-electron chi connectivity index (χ4n) is 2.59. The second kappa shape index (κ2) is 4.78. The number of benzene rings is 2. The Balaban J connectivity index is 2.24. The van der Waals surface area contributed by atoms with Gasteiger partial charge in [-0.1, -0.05) is 54.6 Å². The predicted molar refractivity (Wildman–Crippen MR) is 75.5 cm³/mol. The van der Waals surface area contributed by atoms with Crippen LogP contribution in [0.1, 0.15) is 27.9 Å². The number of carbonyl (C=O) groups excluding carboxylic acids is 1. The third-order valence-electron chi connectivity index (χ3n) is 3.41. The quantitative estimate of drug-likeness (QED) is 0.926. The van der Waals surface area contributed by atoms with Gasteiger partial charge in [-0.15, -0.1) is 0 Å². The van der Waals surface area contributed by atoms with E-state index in [0.717, 1.165) is 16.7 Å². The summed E-state index contributed by atoms with van der Waals surface area (Å²) in [6, 6.07) is 16.7. The lowest BCUT2D eigenvalue weighted by Crippen LogP contribution is -2.05. The highest BCUT2D eigenvalue weighted by atomic mass is 16.4. The van der Waals surface area contributed by atoms with Crippen LogP contribution in [-0.2, 0) is 4.79 Å². The maximum Gasteiger partial charge on any atom is 0.307 e. The smallest absolute Gasteiger partial charge is 0.307 e. The first kappa shape index (κ1) is 12.4. The zero-order valence-electron chi connectivity index (χ0n) is 10.7. The molecule has 0 aromatic heterocycles. The maximum absolute atomic E-state index is 12.4. The molecule has 0 radical (unpaired) electrons. The number of rotatable bonds is 3. The number of carbonyl (C=O) groups is 2. The minimum absolute atomic E-state index is 0.179. The number of ketones is 1. The van der Waals surface area contributed by atoms with Gasteiger partial charge < -0.3 is 5.11 Å². The third-order valence-corrected chi connectivity index (χ3v) is 3.41. The molecule has 0 saturated heterocycles. The Morgan fingerprint density at radius 2 is 1.50 bits per heavy atom. The van der Waals surface area contributed by atoms with Crippen LogP contribution in [0, 0.1) is 0 Å². The summed E-state index contributed by atoms with van der Waals surface area (Å²) in [5, 5.41) is 9.05. The first-order valence-electron chi connectivity index (χ1n) is 6.33. The van der Waals surface area contributed by atoms with E-state index in [9.17, 15) is 9.59 Å². The maximum atomic E-state index is 12.4. The van der Waals surface area contributed by atoms with Crippen LogP contribution in [0.3, 0.4) is 0 Å². The molecule has 3 rings (SSSR count). The van der Waals surface area contributed by atoms with E-state index in [-0.39, 0.29) is 12.2 Å². The molecule has 98 valence electrons. The van der Waals surface area contributed by atoms with Crippen molar-refractivity contribution < 1.29 is 14.7 Å². The first-order valence-corrected chi connectivity index (χ1v) is 6.33. The van der Waals surface area contributed by atoms with E-state index < -0.39 is 5.97 Å². The summed E-state index contributed by atoms with van der Waals surface area (Å²) in [6.07, 6.45) is -0.252. The molecule has 1 aliphatic carbocycles. The summed E-state index contributed by atoms with van der Waals surface area (Å²) in [7, 11) is 0. The number of fused-ring (bicyclic) bond motifs is 1. The molecule has 0 fully saturated rings. The van der Waals surface area contributed by atoms with Gasteiger partial charge in [0.05, 0.1) is 6.42 Å². The summed E-state index contributed by atoms with van der Waals surface area (Å²) in [4.78, 5) is 23.4. The van der Waals surface area contributed by atoms with Crippen LogP contribution in [0.2, 0.25) is 0 Å². The van der Waals surface area contributed by atoms with E-state index in [1.54, 1.807) is 12.1 Å². The van der Waals surface area contributed by atoms with Crippen LogP contribution < -0.4 is 0 Å². The molecule has 1 N–H and O–H groups in total. The molecular formula is C17H12O3. The molecule has 1 aliphatic rings. The van der Waals surface area contributed by atoms with Crippen LogP contribution in [0.25, 0.3) is 5.57 Å². The van der Waals surface area contributed by atoms with E-state index in [1.807, 2.05) is 42.5 Å². The minimum atomic E-state index is -0.991. The Labute approximate surface area is 116 Å². The second-order valence-electron chi connectivity index (χ2n) is 4.66. The monoisotopic (exact) mass is 264 g/mol. The molecule has 0 aliphatic heterocycles. The van der Waals surface area contributed by atoms with Crippen LogP contribution in [0.15, 0.2) is 60.2 Å². The third kappa shape index (κ3) is 1.93. The van der Waals surface area contributed by atoms with E-state index >= 15 is 0 Å². The lowest BCUT2D eigenvalue weighted by atomic mass is 9.96. The highest BCUT2D eigenvalue weighted by Gasteiger charge is 2.30. The van der Waals surface area contributed by atoms with Crippen LogP contribution >= 0.6 is 0 Å². The molecule has 0 amide bonds. The van der Waals surface area contributed by atoms with Crippen molar-refractivity contribution in [1.29, 1.82) is 0 Å². The van der Waals surface area contributed by atoms with Crippen molar-refractivity contribution in [3.63, 3.8) is 0 Å². The van der Waals surface area contributed by atoms with Crippen molar-refractivity contribution in [1.82, 2.24) is 0 Å². The molecule has 2 aromatic carbocycles. The summed E-state index contributed by atoms with van der Waals surface area (Å²) in [5.74, 6) is -1.17. The number of Topliss-reactive ketones (excluding diaryl/α,β-unsaturated/α-hetero) is 1. The molecular weight excluding hydrogens is 252 g/mol. The van der Waals surface area contributed by atoms with Crippen LogP contribution in [-0.4, -0.2) is 16.9 Å². The van der Waals surface area contributed by atoms with Crippen molar-refractivity contribution in [2.45, 2.75) is 6.42 Å². The summed E-state index contributed by atoms with van der Waals surface area (Å²) in [6.45, 7) is 0. The van der Waals surface area contributed by atoms with E-state index in [0.29, 0.717) is 11.1 Å². The summed E-state index contributed by atoms with van der Waals surface area (Å²) >= 11 is 0. The number of carboxylic acid groups (broad SMARTS) is 1. The first-order chi connectivity index (χ1) is 9.68. The predicted octanol–water partition coefficient (Wildman–Crippen LogP) is 3.16. The number of hydrogen-bond acceptors (Lipinski definition) is 2. The van der Waals surface area contributed by atoms with E-state index in [1.165, 1.54) is 0 Å². The molecule has 0 bridgehead atoms. The minimum Gasteiger partial charge on any atom is -0.481 e. The van der Waals surface area contributed by atoms with E-state index in [4.69, 9.17) is 5.11 Å². The molecule has 0 spiro atoms. The van der Waals surface area contributed by atoms with Crippen molar-refractivity contribution in [2.75, 3.05) is 0 Å². The van der Waals surface area contributed by atoms with Crippen molar-refractivity contribution in [3.05, 3.63) is 76.9 Å². The van der Waals surface area contributed by atoms with Gasteiger partial charge in [-0.2, -0.15) is 0 Å². The average Bonchev–Trinajstić information content (AvgIpc) is 2.73. The largest absolute Gasteiger partial charge is 0.481 e. The van der Waals surface area contributed by atoms with Gasteiger partial charge in [0.25, 0.3) is 0 Å². The van der Waals surface area contributed by atoms with Gasteiger partial charge in [0.2, 0.25) is 0 Å². The molecule has 0 unspecified atom stereocenters. The fourth-order valence-corrected chi connectivity index (χ4v) is 2.59. The van der Waals surface area contributed by atoms with Crippen molar-refractivity contribution in [2.24, 2.45) is 0 Å². The average molecular weight is 264 g/mol. The highest BCUT2D eigenvalue weighted by Crippen LogP contribution is 2.38. The molecule has 0 atom stereocenters. The van der Waals surface area contributed by atoms with Gasteiger partial charge in [-0.3, -0.25) is 9.59 Å². The van der Waals surface area contributed by atoms with Gasteiger partial charge in [0, 0.05) is 11.1 Å². The van der Waals surface area contributed by atoms with Gasteiger partial charge in [0.1, 0.15) is 0 Å². The van der Waals surface area contributed by atoms with Crippen molar-refractivity contribution in [3.8, 4) is 0 Å². The second-order valence-corrected chi connectivity index (χ2v) is 4.66. The molecule has 0 saturated carbocycles. The zero-order valence-corrected chi connectivity index (χ0v) is 10.7. The van der Waals surface area contributed by atoms with Gasteiger partial charge in [-0.05, 0) is 16.7 Å². The molecule has 2 aromatic rings. The Bertz CT molecular complexity index is 727. The fraction of sp³-hybridized carbons (Fsp3) is 0.0588. The Morgan fingerprint density at radius 3 is 2.15 bits per heavy atom. The molecule has 3 heteroatoms. The number of hydrogen-bond donors (Lipinski definition) is 1.